The molecule has 3 aromatic rings. The van der Waals surface area contributed by atoms with E-state index in [0.717, 1.165) is 0 Å². The first-order valence-corrected chi connectivity index (χ1v) is 11.1. The molecular weight excluding hydrogens is 444 g/mol. The van der Waals surface area contributed by atoms with Crippen LogP contribution in [0.3, 0.4) is 0 Å². The highest BCUT2D eigenvalue weighted by Crippen LogP contribution is 2.68. The average Bonchev–Trinajstić information content (AvgIpc) is 3.26. The Kier molecular flexibility index (Phi) is 5.10. The lowest BCUT2D eigenvalue weighted by Crippen LogP contribution is -2.52. The van der Waals surface area contributed by atoms with Crippen LogP contribution in [-0.2, 0) is 16.0 Å². The van der Waals surface area contributed by atoms with Gasteiger partial charge in [0.15, 0.2) is 11.2 Å². The molecule has 1 saturated carbocycles. The topological polar surface area (TPSA) is 130 Å². The second-order valence-corrected chi connectivity index (χ2v) is 9.07. The first kappa shape index (κ1) is 22.5. The van der Waals surface area contributed by atoms with E-state index in [-0.39, 0.29) is 22.9 Å². The zero-order valence-corrected chi connectivity index (χ0v) is 19.1. The Morgan fingerprint density at radius 1 is 1.06 bits per heavy atom. The molecule has 2 aliphatic rings. The van der Waals surface area contributed by atoms with Crippen molar-refractivity contribution >= 4 is 5.91 Å². The predicted octanol–water partition coefficient (Wildman–Crippen LogP) is 2.16. The number of aliphatic hydroxyl groups excluding tert-OH is 1. The van der Waals surface area contributed by atoms with Gasteiger partial charge < -0.3 is 19.8 Å². The normalized spacial score (nSPS) is 28.2. The molecule has 5 atom stereocenters. The number of carbonyl (C=O) groups is 1. The lowest BCUT2D eigenvalue weighted by molar-refractivity contribution is -0.157. The molecule has 1 aromatic heterocycles. The molecule has 0 bridgehead atoms. The quantitative estimate of drug-likeness (QED) is 0.605. The van der Waals surface area contributed by atoms with Crippen LogP contribution in [0.2, 0.25) is 0 Å². The van der Waals surface area contributed by atoms with Gasteiger partial charge in [-0.05, 0) is 23.3 Å². The third-order valence-corrected chi connectivity index (χ3v) is 7.07. The Bertz CT molecular complexity index is 1390. The largest absolute Gasteiger partial charge is 0.476 e. The molecule has 1 fully saturated rings. The fraction of sp³-hybridized carbons (Fsp3) is 0.259. The van der Waals surface area contributed by atoms with E-state index < -0.39 is 29.1 Å². The Labute approximate surface area is 202 Å². The van der Waals surface area contributed by atoms with E-state index >= 15 is 0 Å². The highest BCUT2D eigenvalue weighted by atomic mass is 16.5. The second-order valence-electron chi connectivity index (χ2n) is 9.07. The lowest BCUT2D eigenvalue weighted by Gasteiger charge is -2.40. The summed E-state index contributed by atoms with van der Waals surface area (Å²) in [5, 5.41) is 42.9. The van der Waals surface area contributed by atoms with Crippen LogP contribution in [0.15, 0.2) is 66.9 Å². The van der Waals surface area contributed by atoms with Crippen LogP contribution >= 0.6 is 0 Å². The minimum atomic E-state index is -2.12. The van der Waals surface area contributed by atoms with Gasteiger partial charge in [0.2, 0.25) is 5.91 Å². The van der Waals surface area contributed by atoms with Crippen LogP contribution in [0.1, 0.15) is 33.9 Å². The van der Waals surface area contributed by atoms with Gasteiger partial charge in [-0.3, -0.25) is 9.78 Å². The molecule has 174 valence electrons. The molecule has 0 radical (unpaired) electrons. The highest BCUT2D eigenvalue weighted by Gasteiger charge is 2.78. The molecule has 8 heteroatoms. The van der Waals surface area contributed by atoms with Crippen molar-refractivity contribution in [1.29, 1.82) is 10.5 Å². The van der Waals surface area contributed by atoms with E-state index in [9.17, 15) is 25.5 Å². The summed E-state index contributed by atoms with van der Waals surface area (Å²) in [6.07, 6.45) is -0.277. The standard InChI is InChI=1S/C27H22N4O4/c1-31(2)25(33)21-22(18-6-4-3-5-7-18)27(19-10-8-16(13-28)9-11-19)26(34,24(21)32)23-20(35-27)12-17(14-29)15-30-23/h3-12,15,21-22,24,32,34H,1-2H3/t21-,22-,24-,26?,27+/m1/s1. The Balaban J connectivity index is 1.86. The van der Waals surface area contributed by atoms with Gasteiger partial charge in [0.05, 0.1) is 23.1 Å². The van der Waals surface area contributed by atoms with Gasteiger partial charge in [-0.25, -0.2) is 0 Å². The first-order valence-electron chi connectivity index (χ1n) is 11.1. The summed E-state index contributed by atoms with van der Waals surface area (Å²) in [6, 6.07) is 21.2. The Morgan fingerprint density at radius 3 is 2.31 bits per heavy atom. The molecule has 0 saturated heterocycles. The van der Waals surface area contributed by atoms with Crippen molar-refractivity contribution in [3.63, 3.8) is 0 Å². The molecule has 1 aliphatic heterocycles. The van der Waals surface area contributed by atoms with Gasteiger partial charge in [-0.1, -0.05) is 42.5 Å². The lowest BCUT2D eigenvalue weighted by atomic mass is 9.71. The fourth-order valence-electron chi connectivity index (χ4n) is 5.58. The summed E-state index contributed by atoms with van der Waals surface area (Å²) >= 11 is 0. The minimum absolute atomic E-state index is 0.0587. The van der Waals surface area contributed by atoms with Crippen molar-refractivity contribution < 1.29 is 19.7 Å². The third kappa shape index (κ3) is 2.91. The molecule has 2 heterocycles. The molecule has 5 rings (SSSR count). The highest BCUT2D eigenvalue weighted by molar-refractivity contribution is 5.82. The van der Waals surface area contributed by atoms with Crippen LogP contribution in [0, 0.1) is 28.6 Å². The van der Waals surface area contributed by atoms with E-state index in [4.69, 9.17) is 4.74 Å². The number of pyridine rings is 1. The summed E-state index contributed by atoms with van der Waals surface area (Å²) in [5.74, 6) is -2.11. The number of amides is 1. The van der Waals surface area contributed by atoms with Crippen molar-refractivity contribution in [2.75, 3.05) is 14.1 Å². The maximum Gasteiger partial charge on any atom is 0.228 e. The SMILES string of the molecule is CN(C)C(=O)[C@H]1[C@@H](O)C2(O)c3ncc(C#N)cc3O[C@@]2(c2ccc(C#N)cc2)[C@@H]1c1ccccc1. The van der Waals surface area contributed by atoms with Crippen LogP contribution in [-0.4, -0.2) is 46.2 Å². The number of ether oxygens (including phenoxy) is 1. The monoisotopic (exact) mass is 466 g/mol. The summed E-state index contributed by atoms with van der Waals surface area (Å²) in [4.78, 5) is 19.2. The number of carbonyl (C=O) groups excluding carboxylic acids is 1. The van der Waals surface area contributed by atoms with Crippen LogP contribution in [0.5, 0.6) is 5.75 Å². The number of nitrogens with zero attached hydrogens (tertiary/aromatic N) is 4. The molecule has 0 spiro atoms. The van der Waals surface area contributed by atoms with Gasteiger partial charge in [-0.2, -0.15) is 10.5 Å². The maximum absolute atomic E-state index is 13.5. The number of aliphatic hydroxyl groups is 2. The Morgan fingerprint density at radius 2 is 1.71 bits per heavy atom. The van der Waals surface area contributed by atoms with Crippen molar-refractivity contribution in [1.82, 2.24) is 9.88 Å². The van der Waals surface area contributed by atoms with Gasteiger partial charge in [0.1, 0.15) is 23.6 Å². The van der Waals surface area contributed by atoms with Crippen molar-refractivity contribution in [3.8, 4) is 17.9 Å². The molecule has 2 N–H and O–H groups in total. The number of hydrogen-bond donors (Lipinski definition) is 2. The second kappa shape index (κ2) is 7.92. The molecule has 1 aliphatic carbocycles. The van der Waals surface area contributed by atoms with E-state index in [1.807, 2.05) is 36.4 Å². The van der Waals surface area contributed by atoms with Gasteiger partial charge in [0.25, 0.3) is 0 Å². The minimum Gasteiger partial charge on any atom is -0.476 e. The number of fused-ring (bicyclic) bond motifs is 3. The number of benzene rings is 2. The number of rotatable bonds is 3. The van der Waals surface area contributed by atoms with E-state index in [1.54, 1.807) is 38.4 Å². The zero-order chi connectivity index (χ0) is 25.0. The molecule has 2 aromatic carbocycles. The van der Waals surface area contributed by atoms with Gasteiger partial charge in [-0.15, -0.1) is 0 Å². The average molecular weight is 466 g/mol. The number of hydrogen-bond acceptors (Lipinski definition) is 7. The van der Waals surface area contributed by atoms with Crippen molar-refractivity contribution in [2.45, 2.75) is 23.2 Å². The fourth-order valence-corrected chi connectivity index (χ4v) is 5.58. The van der Waals surface area contributed by atoms with Gasteiger partial charge in [0, 0.05) is 32.3 Å². The molecular formula is C27H22N4O4. The van der Waals surface area contributed by atoms with E-state index in [2.05, 4.69) is 11.1 Å². The van der Waals surface area contributed by atoms with Gasteiger partial charge >= 0.3 is 0 Å². The van der Waals surface area contributed by atoms with Crippen LogP contribution in [0.25, 0.3) is 0 Å². The maximum atomic E-state index is 13.5. The molecule has 8 nitrogen and oxygen atoms in total. The van der Waals surface area contributed by atoms with Crippen LogP contribution < -0.4 is 4.74 Å². The zero-order valence-electron chi connectivity index (χ0n) is 19.1. The first-order chi connectivity index (χ1) is 16.8. The van der Waals surface area contributed by atoms with Crippen LogP contribution in [0.4, 0.5) is 0 Å². The van der Waals surface area contributed by atoms with Crippen molar-refractivity contribution in [3.05, 3.63) is 94.8 Å². The third-order valence-electron chi connectivity index (χ3n) is 7.07. The molecule has 35 heavy (non-hydrogen) atoms. The smallest absolute Gasteiger partial charge is 0.228 e. The predicted molar refractivity (Wildman–Crippen MR) is 124 cm³/mol. The van der Waals surface area contributed by atoms with Crippen molar-refractivity contribution in [2.24, 2.45) is 5.92 Å². The summed E-state index contributed by atoms with van der Waals surface area (Å²) in [7, 11) is 3.19. The summed E-state index contributed by atoms with van der Waals surface area (Å²) in [5.41, 5.74) is -1.94. The number of aromatic nitrogens is 1. The van der Waals surface area contributed by atoms with E-state index in [0.29, 0.717) is 16.7 Å². The van der Waals surface area contributed by atoms with E-state index in [1.165, 1.54) is 17.2 Å². The Hall–Kier alpha value is -4.24. The molecule has 1 amide bonds. The number of nitriles is 2. The molecule has 1 unspecified atom stereocenters. The summed E-state index contributed by atoms with van der Waals surface area (Å²) in [6.45, 7) is 0. The summed E-state index contributed by atoms with van der Waals surface area (Å²) < 4.78 is 6.54.